The molecule has 26 heavy (non-hydrogen) atoms. The van der Waals surface area contributed by atoms with Crippen LogP contribution in [0.15, 0.2) is 48.2 Å². The van der Waals surface area contributed by atoms with E-state index in [2.05, 4.69) is 31.9 Å². The van der Waals surface area contributed by atoms with Gasteiger partial charge in [0.05, 0.1) is 13.2 Å². The van der Waals surface area contributed by atoms with Crippen molar-refractivity contribution in [3.05, 3.63) is 48.2 Å². The number of allylic oxidation sites excluding steroid dienone is 3. The Morgan fingerprint density at radius 3 is 2.00 bits per heavy atom. The van der Waals surface area contributed by atoms with E-state index in [9.17, 15) is 9.59 Å². The van der Waals surface area contributed by atoms with Gasteiger partial charge in [0.2, 0.25) is 0 Å². The average Bonchev–Trinajstić information content (AvgIpc) is 2.54. The molecule has 0 fully saturated rings. The fourth-order valence-electron chi connectivity index (χ4n) is 3.11. The predicted molar refractivity (Wildman–Crippen MR) is 103 cm³/mol. The molecule has 0 unspecified atom stereocenters. The first-order valence-corrected chi connectivity index (χ1v) is 9.04. The van der Waals surface area contributed by atoms with Gasteiger partial charge in [-0.1, -0.05) is 26.0 Å². The van der Waals surface area contributed by atoms with Crippen molar-refractivity contribution in [1.82, 2.24) is 4.90 Å². The molecule has 0 N–H and O–H groups in total. The highest BCUT2D eigenvalue weighted by molar-refractivity contribution is 6.15. The minimum absolute atomic E-state index is 0.00358. The molecule has 1 aliphatic rings. The number of rotatable bonds is 9. The predicted octanol–water partition coefficient (Wildman–Crippen LogP) is 3.79. The molecule has 0 aromatic rings. The maximum Gasteiger partial charge on any atom is 0.345 e. The van der Waals surface area contributed by atoms with Gasteiger partial charge in [-0.2, -0.15) is 0 Å². The first kappa shape index (κ1) is 21.7. The van der Waals surface area contributed by atoms with Crippen molar-refractivity contribution in [1.29, 1.82) is 0 Å². The zero-order valence-electron chi connectivity index (χ0n) is 16.5. The molecule has 0 spiro atoms. The summed E-state index contributed by atoms with van der Waals surface area (Å²) in [4.78, 5) is 27.0. The number of carbonyl (C=O) groups excluding carboxylic acids is 2. The number of nitrogens with zero attached hydrogens (tertiary/aromatic N) is 1. The van der Waals surface area contributed by atoms with Crippen LogP contribution in [0.4, 0.5) is 0 Å². The van der Waals surface area contributed by atoms with Gasteiger partial charge in [0.1, 0.15) is 5.57 Å². The topological polar surface area (TPSA) is 55.8 Å². The van der Waals surface area contributed by atoms with Crippen LogP contribution >= 0.6 is 0 Å². The van der Waals surface area contributed by atoms with Crippen LogP contribution in [0, 0.1) is 5.41 Å². The van der Waals surface area contributed by atoms with E-state index in [1.807, 2.05) is 18.2 Å². The van der Waals surface area contributed by atoms with Crippen molar-refractivity contribution in [2.75, 3.05) is 26.3 Å². The summed E-state index contributed by atoms with van der Waals surface area (Å²) < 4.78 is 10.2. The van der Waals surface area contributed by atoms with Crippen LogP contribution in [-0.4, -0.2) is 43.1 Å². The van der Waals surface area contributed by atoms with Crippen molar-refractivity contribution >= 4 is 11.9 Å². The van der Waals surface area contributed by atoms with E-state index in [4.69, 9.17) is 9.47 Å². The van der Waals surface area contributed by atoms with E-state index in [1.165, 1.54) is 0 Å². The molecule has 0 bridgehead atoms. The van der Waals surface area contributed by atoms with Gasteiger partial charge in [-0.05, 0) is 43.8 Å². The van der Waals surface area contributed by atoms with Crippen molar-refractivity contribution in [3.63, 3.8) is 0 Å². The van der Waals surface area contributed by atoms with Crippen LogP contribution in [0.25, 0.3) is 0 Å². The monoisotopic (exact) mass is 361 g/mol. The lowest BCUT2D eigenvalue weighted by atomic mass is 9.75. The molecular formula is C21H31NO4. The molecule has 0 radical (unpaired) electrons. The van der Waals surface area contributed by atoms with Crippen LogP contribution < -0.4 is 0 Å². The molecule has 0 atom stereocenters. The van der Waals surface area contributed by atoms with Gasteiger partial charge in [-0.25, -0.2) is 9.59 Å². The quantitative estimate of drug-likeness (QED) is 0.206. The Labute approximate surface area is 157 Å². The van der Waals surface area contributed by atoms with Gasteiger partial charge in [-0.15, -0.1) is 13.2 Å². The molecule has 0 aromatic heterocycles. The summed E-state index contributed by atoms with van der Waals surface area (Å²) in [5.74, 6) is -1.26. The second-order valence-corrected chi connectivity index (χ2v) is 6.98. The Bertz CT molecular complexity index is 584. The lowest BCUT2D eigenvalue weighted by molar-refractivity contribution is -0.146. The van der Waals surface area contributed by atoms with E-state index in [1.54, 1.807) is 13.8 Å². The van der Waals surface area contributed by atoms with Crippen LogP contribution in [0.5, 0.6) is 0 Å². The minimum atomic E-state index is -0.631. The van der Waals surface area contributed by atoms with Crippen LogP contribution in [0.1, 0.15) is 40.5 Å². The smallest absolute Gasteiger partial charge is 0.345 e. The first-order valence-electron chi connectivity index (χ1n) is 9.04. The van der Waals surface area contributed by atoms with Gasteiger partial charge >= 0.3 is 11.9 Å². The normalized spacial score (nSPS) is 15.5. The average molecular weight is 361 g/mol. The molecule has 1 rings (SSSR count). The third-order valence-electron chi connectivity index (χ3n) is 4.05. The van der Waals surface area contributed by atoms with Crippen molar-refractivity contribution in [2.45, 2.75) is 40.5 Å². The molecule has 0 saturated carbocycles. The van der Waals surface area contributed by atoms with Crippen LogP contribution in [0.3, 0.4) is 0 Å². The van der Waals surface area contributed by atoms with E-state index < -0.39 is 11.9 Å². The highest BCUT2D eigenvalue weighted by atomic mass is 16.6. The molecule has 1 aliphatic carbocycles. The number of esters is 2. The Kier molecular flexibility index (Phi) is 8.36. The minimum Gasteiger partial charge on any atom is -0.462 e. The van der Waals surface area contributed by atoms with Gasteiger partial charge in [-0.3, -0.25) is 0 Å². The Balaban J connectivity index is 3.47. The maximum absolute atomic E-state index is 12.4. The Hall–Kier alpha value is -2.30. The molecule has 5 nitrogen and oxygen atoms in total. The first-order chi connectivity index (χ1) is 12.3. The molecule has 0 amide bonds. The van der Waals surface area contributed by atoms with Gasteiger partial charge in [0.25, 0.3) is 0 Å². The largest absolute Gasteiger partial charge is 0.462 e. The zero-order chi connectivity index (χ0) is 19.7. The lowest BCUT2D eigenvalue weighted by Crippen LogP contribution is -2.31. The van der Waals surface area contributed by atoms with Crippen LogP contribution in [0.2, 0.25) is 0 Å². The van der Waals surface area contributed by atoms with Crippen molar-refractivity contribution < 1.29 is 19.1 Å². The number of hydrogen-bond acceptors (Lipinski definition) is 5. The molecular weight excluding hydrogens is 330 g/mol. The van der Waals surface area contributed by atoms with E-state index in [-0.39, 0.29) is 24.2 Å². The molecule has 5 heteroatoms. The van der Waals surface area contributed by atoms with E-state index in [0.717, 1.165) is 12.1 Å². The molecule has 0 saturated heterocycles. The highest BCUT2D eigenvalue weighted by Crippen LogP contribution is 2.40. The summed E-state index contributed by atoms with van der Waals surface area (Å²) >= 11 is 0. The van der Waals surface area contributed by atoms with E-state index in [0.29, 0.717) is 25.1 Å². The van der Waals surface area contributed by atoms with Crippen molar-refractivity contribution in [3.8, 4) is 0 Å². The third kappa shape index (κ3) is 5.90. The summed E-state index contributed by atoms with van der Waals surface area (Å²) in [5.41, 5.74) is 1.59. The zero-order valence-corrected chi connectivity index (χ0v) is 16.5. The summed E-state index contributed by atoms with van der Waals surface area (Å²) in [6.45, 7) is 17.0. The van der Waals surface area contributed by atoms with Gasteiger partial charge in [0, 0.05) is 18.8 Å². The summed E-state index contributed by atoms with van der Waals surface area (Å²) in [7, 11) is 0. The second kappa shape index (κ2) is 10.00. The third-order valence-corrected chi connectivity index (χ3v) is 4.05. The molecule has 144 valence electrons. The second-order valence-electron chi connectivity index (χ2n) is 6.98. The van der Waals surface area contributed by atoms with Gasteiger partial charge < -0.3 is 14.4 Å². The number of carbonyl (C=O) groups is 2. The maximum atomic E-state index is 12.4. The fraction of sp³-hybridized carbons (Fsp3) is 0.524. The van der Waals surface area contributed by atoms with Gasteiger partial charge in [0.15, 0.2) is 0 Å². The van der Waals surface area contributed by atoms with E-state index >= 15 is 0 Å². The summed E-state index contributed by atoms with van der Waals surface area (Å²) in [6.07, 6.45) is 7.00. The molecule has 0 heterocycles. The fourth-order valence-corrected chi connectivity index (χ4v) is 3.11. The summed E-state index contributed by atoms with van der Waals surface area (Å²) in [6, 6.07) is 0. The summed E-state index contributed by atoms with van der Waals surface area (Å²) in [5, 5.41) is 0. The highest BCUT2D eigenvalue weighted by Gasteiger charge is 2.33. The van der Waals surface area contributed by atoms with Crippen molar-refractivity contribution in [2.24, 2.45) is 5.41 Å². The Morgan fingerprint density at radius 2 is 1.58 bits per heavy atom. The SMILES string of the molecule is C=CCN(CC=C)C1=CC(=C(C(=O)OCC)C(=O)OCC)CC(C)(C)C1. The standard InChI is InChI=1S/C21H31NO4/c1-7-11-22(12-8-2)17-13-16(14-21(5,6)15-17)18(19(23)25-9-3)20(24)26-10-4/h7-8,13H,1-2,9-12,14-15H2,3-6H3. The Morgan fingerprint density at radius 1 is 1.08 bits per heavy atom. The van der Waals surface area contributed by atoms with Crippen LogP contribution in [-0.2, 0) is 19.1 Å². The number of ether oxygens (including phenoxy) is 2. The molecule has 0 aliphatic heterocycles. The molecule has 0 aromatic carbocycles. The lowest BCUT2D eigenvalue weighted by Gasteiger charge is -2.37. The number of hydrogen-bond donors (Lipinski definition) is 0.